The Labute approximate surface area is 127 Å². The van der Waals surface area contributed by atoms with Crippen LogP contribution in [0.2, 0.25) is 0 Å². The first kappa shape index (κ1) is 13.8. The Morgan fingerprint density at radius 3 is 3.15 bits per heavy atom. The third-order valence-electron chi connectivity index (χ3n) is 3.68. The zero-order valence-electron chi connectivity index (χ0n) is 11.7. The fourth-order valence-electron chi connectivity index (χ4n) is 2.72. The van der Waals surface area contributed by atoms with Gasteiger partial charge in [0.05, 0.1) is 4.47 Å². The van der Waals surface area contributed by atoms with Gasteiger partial charge in [0, 0.05) is 25.3 Å². The molecule has 1 atom stereocenters. The molecule has 0 aliphatic carbocycles. The van der Waals surface area contributed by atoms with Crippen molar-refractivity contribution in [1.82, 2.24) is 19.9 Å². The van der Waals surface area contributed by atoms with E-state index >= 15 is 0 Å². The predicted molar refractivity (Wildman–Crippen MR) is 84.2 cm³/mol. The molecule has 0 spiro atoms. The van der Waals surface area contributed by atoms with E-state index < -0.39 is 0 Å². The van der Waals surface area contributed by atoms with Gasteiger partial charge in [-0.25, -0.2) is 4.52 Å². The van der Waals surface area contributed by atoms with Crippen LogP contribution in [0.5, 0.6) is 0 Å². The Hall–Kier alpha value is -1.14. The lowest BCUT2D eigenvalue weighted by Crippen LogP contribution is -2.38. The summed E-state index contributed by atoms with van der Waals surface area (Å²) < 4.78 is 2.82. The maximum absolute atomic E-state index is 4.68. The summed E-state index contributed by atoms with van der Waals surface area (Å²) in [4.78, 5) is 6.97. The Morgan fingerprint density at radius 2 is 2.45 bits per heavy atom. The molecule has 5 nitrogen and oxygen atoms in total. The molecule has 1 N–H and O–H groups in total. The molecular formula is C14H20BrN5. The standard InChI is InChI=1S/C14H20BrN5/c1-2-8-19(10-11-5-3-7-16-11)14-17-13-12(15)6-4-9-20(13)18-14/h4,6,9,11,16H,2-3,5,7-8,10H2,1H3. The van der Waals surface area contributed by atoms with E-state index in [1.54, 1.807) is 0 Å². The second-order valence-corrected chi connectivity index (χ2v) is 6.13. The van der Waals surface area contributed by atoms with E-state index in [0.29, 0.717) is 6.04 Å². The van der Waals surface area contributed by atoms with E-state index in [1.807, 2.05) is 22.8 Å². The summed E-state index contributed by atoms with van der Waals surface area (Å²) in [5.41, 5.74) is 0.878. The number of anilines is 1. The van der Waals surface area contributed by atoms with Gasteiger partial charge in [-0.05, 0) is 53.9 Å². The summed E-state index contributed by atoms with van der Waals surface area (Å²) in [5, 5.41) is 8.16. The molecule has 1 aliphatic heterocycles. The summed E-state index contributed by atoms with van der Waals surface area (Å²) in [7, 11) is 0. The molecule has 1 fully saturated rings. The van der Waals surface area contributed by atoms with E-state index in [2.05, 4.69) is 43.2 Å². The van der Waals surface area contributed by atoms with Crippen LogP contribution in [-0.4, -0.2) is 40.3 Å². The number of halogens is 1. The minimum Gasteiger partial charge on any atom is -0.338 e. The SMILES string of the molecule is CCCN(CC1CCCN1)c1nc2c(Br)cccn2n1. The lowest BCUT2D eigenvalue weighted by molar-refractivity contribution is 0.571. The molecule has 0 amide bonds. The number of nitrogens with one attached hydrogen (secondary N) is 1. The van der Waals surface area contributed by atoms with Crippen molar-refractivity contribution in [2.45, 2.75) is 32.2 Å². The van der Waals surface area contributed by atoms with Gasteiger partial charge in [-0.1, -0.05) is 6.92 Å². The summed E-state index contributed by atoms with van der Waals surface area (Å²) in [6.07, 6.45) is 5.56. The van der Waals surface area contributed by atoms with Gasteiger partial charge in [-0.2, -0.15) is 4.98 Å². The lowest BCUT2D eigenvalue weighted by atomic mass is 10.2. The average molecular weight is 338 g/mol. The Balaban J connectivity index is 1.86. The number of nitrogens with zero attached hydrogens (tertiary/aromatic N) is 4. The first-order chi connectivity index (χ1) is 9.78. The molecule has 0 bridgehead atoms. The summed E-state index contributed by atoms with van der Waals surface area (Å²) in [6.45, 7) is 5.31. The smallest absolute Gasteiger partial charge is 0.245 e. The average Bonchev–Trinajstić information content (AvgIpc) is 3.07. The Morgan fingerprint density at radius 1 is 1.55 bits per heavy atom. The maximum Gasteiger partial charge on any atom is 0.245 e. The van der Waals surface area contributed by atoms with Gasteiger partial charge >= 0.3 is 0 Å². The maximum atomic E-state index is 4.68. The van der Waals surface area contributed by atoms with Crippen molar-refractivity contribution in [1.29, 1.82) is 0 Å². The first-order valence-electron chi connectivity index (χ1n) is 7.27. The molecule has 2 aromatic rings. The van der Waals surface area contributed by atoms with Gasteiger partial charge in [-0.15, -0.1) is 5.10 Å². The number of pyridine rings is 1. The van der Waals surface area contributed by atoms with E-state index in [-0.39, 0.29) is 0 Å². The summed E-state index contributed by atoms with van der Waals surface area (Å²) >= 11 is 3.53. The predicted octanol–water partition coefficient (Wildman–Crippen LogP) is 2.46. The molecule has 1 aliphatic rings. The van der Waals surface area contributed by atoms with Crippen LogP contribution < -0.4 is 10.2 Å². The van der Waals surface area contributed by atoms with Crippen LogP contribution in [0.1, 0.15) is 26.2 Å². The van der Waals surface area contributed by atoms with Crippen LogP contribution >= 0.6 is 15.9 Å². The zero-order valence-corrected chi connectivity index (χ0v) is 13.3. The third kappa shape index (κ3) is 2.81. The van der Waals surface area contributed by atoms with Crippen molar-refractivity contribution in [2.75, 3.05) is 24.5 Å². The normalized spacial score (nSPS) is 18.8. The topological polar surface area (TPSA) is 45.5 Å². The monoisotopic (exact) mass is 337 g/mol. The molecule has 20 heavy (non-hydrogen) atoms. The largest absolute Gasteiger partial charge is 0.338 e. The Kier molecular flexibility index (Phi) is 4.21. The lowest BCUT2D eigenvalue weighted by Gasteiger charge is -2.23. The second-order valence-electron chi connectivity index (χ2n) is 5.28. The molecule has 2 aromatic heterocycles. The van der Waals surface area contributed by atoms with E-state index in [1.165, 1.54) is 12.8 Å². The summed E-state index contributed by atoms with van der Waals surface area (Å²) in [5.74, 6) is 0.826. The van der Waals surface area contributed by atoms with Gasteiger partial charge in [0.2, 0.25) is 5.95 Å². The number of hydrogen-bond acceptors (Lipinski definition) is 4. The van der Waals surface area contributed by atoms with E-state index in [9.17, 15) is 0 Å². The fourth-order valence-corrected chi connectivity index (χ4v) is 3.14. The quantitative estimate of drug-likeness (QED) is 0.910. The van der Waals surface area contributed by atoms with Crippen molar-refractivity contribution in [3.63, 3.8) is 0 Å². The molecule has 3 rings (SSSR count). The highest BCUT2D eigenvalue weighted by Crippen LogP contribution is 2.20. The van der Waals surface area contributed by atoms with Crippen LogP contribution in [0.15, 0.2) is 22.8 Å². The van der Waals surface area contributed by atoms with Gasteiger partial charge in [-0.3, -0.25) is 0 Å². The number of fused-ring (bicyclic) bond motifs is 1. The molecule has 1 unspecified atom stereocenters. The first-order valence-corrected chi connectivity index (χ1v) is 8.06. The number of aromatic nitrogens is 3. The second kappa shape index (κ2) is 6.10. The fraction of sp³-hybridized carbons (Fsp3) is 0.571. The highest BCUT2D eigenvalue weighted by atomic mass is 79.9. The zero-order chi connectivity index (χ0) is 13.9. The van der Waals surface area contributed by atoms with Gasteiger partial charge in [0.25, 0.3) is 0 Å². The van der Waals surface area contributed by atoms with E-state index in [0.717, 1.165) is 42.1 Å². The van der Waals surface area contributed by atoms with Crippen molar-refractivity contribution < 1.29 is 0 Å². The minimum atomic E-state index is 0.566. The molecule has 0 radical (unpaired) electrons. The number of hydrogen-bond donors (Lipinski definition) is 1. The Bertz CT molecular complexity index is 576. The van der Waals surface area contributed by atoms with Crippen LogP contribution in [0.4, 0.5) is 5.95 Å². The molecule has 1 saturated heterocycles. The van der Waals surface area contributed by atoms with Crippen LogP contribution in [0.3, 0.4) is 0 Å². The molecule has 6 heteroatoms. The van der Waals surface area contributed by atoms with Crippen molar-refractivity contribution in [2.24, 2.45) is 0 Å². The third-order valence-corrected chi connectivity index (χ3v) is 4.30. The van der Waals surface area contributed by atoms with Crippen LogP contribution in [-0.2, 0) is 0 Å². The summed E-state index contributed by atoms with van der Waals surface area (Å²) in [6, 6.07) is 4.53. The number of rotatable bonds is 5. The van der Waals surface area contributed by atoms with E-state index in [4.69, 9.17) is 0 Å². The van der Waals surface area contributed by atoms with Crippen molar-refractivity contribution >= 4 is 27.5 Å². The highest BCUT2D eigenvalue weighted by molar-refractivity contribution is 9.10. The van der Waals surface area contributed by atoms with Crippen LogP contribution in [0, 0.1) is 0 Å². The minimum absolute atomic E-state index is 0.566. The van der Waals surface area contributed by atoms with Gasteiger partial charge in [0.1, 0.15) is 0 Å². The van der Waals surface area contributed by atoms with Crippen LogP contribution in [0.25, 0.3) is 5.65 Å². The molecule has 0 saturated carbocycles. The molecule has 3 heterocycles. The molecule has 108 valence electrons. The van der Waals surface area contributed by atoms with Crippen molar-refractivity contribution in [3.05, 3.63) is 22.8 Å². The molecular weight excluding hydrogens is 318 g/mol. The molecule has 0 aromatic carbocycles. The highest BCUT2D eigenvalue weighted by Gasteiger charge is 2.20. The van der Waals surface area contributed by atoms with Gasteiger partial charge in [0.15, 0.2) is 5.65 Å². The van der Waals surface area contributed by atoms with Gasteiger partial charge < -0.3 is 10.2 Å². The van der Waals surface area contributed by atoms with Crippen molar-refractivity contribution in [3.8, 4) is 0 Å².